The summed E-state index contributed by atoms with van der Waals surface area (Å²) in [6.07, 6.45) is 3.54. The molecule has 4 aromatic carbocycles. The summed E-state index contributed by atoms with van der Waals surface area (Å²) in [5.74, 6) is 1.96. The highest BCUT2D eigenvalue weighted by atomic mass is 27.3. The van der Waals surface area contributed by atoms with Crippen molar-refractivity contribution < 1.29 is 11.4 Å². The minimum Gasteiger partial charge on any atom is -0.577 e. The smallest absolute Gasteiger partial charge is 0.577 e. The van der Waals surface area contributed by atoms with Gasteiger partial charge in [-0.25, -0.2) is 0 Å². The van der Waals surface area contributed by atoms with E-state index in [1.165, 1.54) is 0 Å². The standard InChI is InChI=1S/C12H10O.2C11H9NO.Al/c13-12-8-6-11(7-9-12)10-4-2-1-3-5-10;2*13-11-7-2-1-5-9(11)10-6-3-4-8-12-10;/h1-9,13H;2*1-8,13H;/q;;;+3/p-3. The van der Waals surface area contributed by atoms with Gasteiger partial charge in [-0.15, -0.1) is 0 Å². The van der Waals surface area contributed by atoms with Gasteiger partial charge in [0.15, 0.2) is 0 Å². The minimum absolute atomic E-state index is 0.647. The van der Waals surface area contributed by atoms with Crippen molar-refractivity contribution in [3.05, 3.63) is 152 Å². The third kappa shape index (κ3) is 6.05. The molecule has 2 aromatic heterocycles. The maximum Gasteiger partial charge on any atom is 1.20 e. The maximum atomic E-state index is 6.55. The molecule has 192 valence electrons. The summed E-state index contributed by atoms with van der Waals surface area (Å²) >= 11 is -2.86. The first-order valence-electron chi connectivity index (χ1n) is 13.0. The van der Waals surface area contributed by atoms with E-state index < -0.39 is 15.1 Å². The van der Waals surface area contributed by atoms with Crippen LogP contribution >= 0.6 is 0 Å². The molecule has 0 aliphatic rings. The molecule has 0 saturated heterocycles. The first-order chi connectivity index (χ1) is 19.8. The van der Waals surface area contributed by atoms with Gasteiger partial charge in [0, 0.05) is 23.5 Å². The minimum atomic E-state index is -2.86. The fourth-order valence-electron chi connectivity index (χ4n) is 4.35. The molecule has 0 spiro atoms. The van der Waals surface area contributed by atoms with Crippen molar-refractivity contribution in [3.63, 3.8) is 0 Å². The van der Waals surface area contributed by atoms with Crippen molar-refractivity contribution in [2.75, 3.05) is 0 Å². The second-order valence-electron chi connectivity index (χ2n) is 8.95. The molecule has 0 unspecified atom stereocenters. The fourth-order valence-corrected chi connectivity index (χ4v) is 5.70. The Labute approximate surface area is 238 Å². The fraction of sp³-hybridized carbons (Fsp3) is 0. The van der Waals surface area contributed by atoms with Crippen molar-refractivity contribution in [2.24, 2.45) is 0 Å². The van der Waals surface area contributed by atoms with Crippen molar-refractivity contribution in [1.29, 1.82) is 0 Å². The first-order valence-corrected chi connectivity index (χ1v) is 14.4. The van der Waals surface area contributed by atoms with Crippen LogP contribution in [0.2, 0.25) is 0 Å². The molecule has 0 bridgehead atoms. The second kappa shape index (κ2) is 12.3. The zero-order valence-electron chi connectivity index (χ0n) is 21.6. The SMILES string of the molecule is c1ccc(-c2ccc([O][Al]([O]c3ccccc3-c3ccccn3)[O]c3ccccc3-c3ccccn3)cc2)cc1. The van der Waals surface area contributed by atoms with Crippen LogP contribution in [0.25, 0.3) is 33.6 Å². The lowest BCUT2D eigenvalue weighted by atomic mass is 10.1. The molecule has 0 aliphatic heterocycles. The number of aromatic nitrogens is 2. The molecule has 0 N–H and O–H groups in total. The van der Waals surface area contributed by atoms with Crippen LogP contribution in [0.5, 0.6) is 17.2 Å². The maximum absolute atomic E-state index is 6.55. The average molecular weight is 537 g/mol. The Hall–Kier alpha value is -4.89. The summed E-state index contributed by atoms with van der Waals surface area (Å²) in [4.78, 5) is 9.05. The zero-order chi connectivity index (χ0) is 27.0. The molecule has 0 aliphatic carbocycles. The van der Waals surface area contributed by atoms with Gasteiger partial charge in [0.2, 0.25) is 0 Å². The van der Waals surface area contributed by atoms with Crippen molar-refractivity contribution in [1.82, 2.24) is 9.97 Å². The average Bonchev–Trinajstić information content (AvgIpc) is 3.03. The molecule has 6 aromatic rings. The summed E-state index contributed by atoms with van der Waals surface area (Å²) < 4.78 is 19.5. The van der Waals surface area contributed by atoms with E-state index in [-0.39, 0.29) is 0 Å². The van der Waals surface area contributed by atoms with Crippen molar-refractivity contribution in [3.8, 4) is 50.9 Å². The lowest BCUT2D eigenvalue weighted by Crippen LogP contribution is -2.37. The van der Waals surface area contributed by atoms with Crippen LogP contribution < -0.4 is 11.4 Å². The number of para-hydroxylation sites is 2. The third-order valence-electron chi connectivity index (χ3n) is 6.30. The molecule has 0 radical (unpaired) electrons. The van der Waals surface area contributed by atoms with Crippen LogP contribution in [0.15, 0.2) is 152 Å². The summed E-state index contributed by atoms with van der Waals surface area (Å²) in [6.45, 7) is 0. The van der Waals surface area contributed by atoms with E-state index in [4.69, 9.17) is 11.4 Å². The number of hydrogen-bond acceptors (Lipinski definition) is 5. The van der Waals surface area contributed by atoms with E-state index in [1.54, 1.807) is 12.4 Å². The molecule has 0 saturated carbocycles. The van der Waals surface area contributed by atoms with Crippen LogP contribution in [0, 0.1) is 0 Å². The molecular weight excluding hydrogens is 511 g/mol. The zero-order valence-corrected chi connectivity index (χ0v) is 22.8. The van der Waals surface area contributed by atoms with Crippen molar-refractivity contribution >= 4 is 15.1 Å². The van der Waals surface area contributed by atoms with Gasteiger partial charge < -0.3 is 11.4 Å². The Bertz CT molecular complexity index is 1580. The van der Waals surface area contributed by atoms with Gasteiger partial charge in [-0.05, 0) is 71.8 Å². The number of hydrogen-bond donors (Lipinski definition) is 0. The molecule has 40 heavy (non-hydrogen) atoms. The highest BCUT2D eigenvalue weighted by Gasteiger charge is 2.45. The Balaban J connectivity index is 1.33. The third-order valence-corrected chi connectivity index (χ3v) is 7.65. The van der Waals surface area contributed by atoms with Crippen LogP contribution in [0.3, 0.4) is 0 Å². The van der Waals surface area contributed by atoms with E-state index in [0.29, 0.717) is 17.2 Å². The quantitative estimate of drug-likeness (QED) is 0.175. The largest absolute Gasteiger partial charge is 1.20 e. The van der Waals surface area contributed by atoms with Crippen LogP contribution in [0.1, 0.15) is 0 Å². The Kier molecular flexibility index (Phi) is 7.82. The molecule has 0 amide bonds. The van der Waals surface area contributed by atoms with Crippen LogP contribution in [-0.4, -0.2) is 25.1 Å². The molecule has 6 rings (SSSR count). The molecule has 5 nitrogen and oxygen atoms in total. The van der Waals surface area contributed by atoms with Gasteiger partial charge in [0.1, 0.15) is 0 Å². The van der Waals surface area contributed by atoms with Gasteiger partial charge in [-0.3, -0.25) is 9.97 Å². The van der Waals surface area contributed by atoms with Gasteiger partial charge in [0.25, 0.3) is 0 Å². The van der Waals surface area contributed by atoms with Gasteiger partial charge >= 0.3 is 15.1 Å². The highest BCUT2D eigenvalue weighted by molar-refractivity contribution is 6.39. The highest BCUT2D eigenvalue weighted by Crippen LogP contribution is 2.32. The van der Waals surface area contributed by atoms with Crippen molar-refractivity contribution in [2.45, 2.75) is 0 Å². The topological polar surface area (TPSA) is 53.5 Å². The Morgan fingerprint density at radius 2 is 0.875 bits per heavy atom. The summed E-state index contributed by atoms with van der Waals surface area (Å²) in [5, 5.41) is 0. The molecule has 0 fully saturated rings. The second-order valence-corrected chi connectivity index (χ2v) is 10.2. The van der Waals surface area contributed by atoms with Gasteiger partial charge in [-0.1, -0.05) is 78.9 Å². The summed E-state index contributed by atoms with van der Waals surface area (Å²) in [6, 6.07) is 45.4. The van der Waals surface area contributed by atoms with Crippen LogP contribution in [-0.2, 0) is 0 Å². The summed E-state index contributed by atoms with van der Waals surface area (Å²) in [7, 11) is 0. The van der Waals surface area contributed by atoms with E-state index in [9.17, 15) is 0 Å². The van der Waals surface area contributed by atoms with E-state index in [1.807, 2.05) is 127 Å². The lowest BCUT2D eigenvalue weighted by Gasteiger charge is -2.20. The molecular formula is C34H25AlN2O3. The molecule has 6 heteroatoms. The number of pyridine rings is 2. The Morgan fingerprint density at radius 1 is 0.400 bits per heavy atom. The van der Waals surface area contributed by atoms with E-state index >= 15 is 0 Å². The predicted octanol–water partition coefficient (Wildman–Crippen LogP) is 8.00. The van der Waals surface area contributed by atoms with Gasteiger partial charge in [0.05, 0.1) is 28.6 Å². The van der Waals surface area contributed by atoms with E-state index in [2.05, 4.69) is 22.1 Å². The number of rotatable bonds is 9. The molecule has 2 heterocycles. The number of nitrogens with zero attached hydrogens (tertiary/aromatic N) is 2. The monoisotopic (exact) mass is 536 g/mol. The van der Waals surface area contributed by atoms with Gasteiger partial charge in [-0.2, -0.15) is 0 Å². The predicted molar refractivity (Wildman–Crippen MR) is 159 cm³/mol. The van der Waals surface area contributed by atoms with Crippen LogP contribution in [0.4, 0.5) is 0 Å². The van der Waals surface area contributed by atoms with E-state index in [0.717, 1.165) is 33.6 Å². The Morgan fingerprint density at radius 3 is 1.40 bits per heavy atom. The normalized spacial score (nSPS) is 10.5. The number of benzene rings is 4. The molecule has 0 atom stereocenters. The summed E-state index contributed by atoms with van der Waals surface area (Å²) in [5.41, 5.74) is 5.60. The first kappa shape index (κ1) is 25.4. The lowest BCUT2D eigenvalue weighted by molar-refractivity contribution is 0.308.